The van der Waals surface area contributed by atoms with E-state index in [1.807, 2.05) is 0 Å². The molecule has 22 heavy (non-hydrogen) atoms. The number of furan rings is 1. The Bertz CT molecular complexity index is 676. The minimum absolute atomic E-state index is 0.0851. The molecule has 116 valence electrons. The summed E-state index contributed by atoms with van der Waals surface area (Å²) < 4.78 is 10.1. The van der Waals surface area contributed by atoms with Crippen LogP contribution in [0.2, 0.25) is 10.0 Å². The van der Waals surface area contributed by atoms with Gasteiger partial charge in [0.2, 0.25) is 5.76 Å². The molecule has 5 nitrogen and oxygen atoms in total. The second kappa shape index (κ2) is 7.33. The first-order valence-electron chi connectivity index (χ1n) is 6.51. The Morgan fingerprint density at radius 2 is 1.86 bits per heavy atom. The number of hydrogen-bond acceptors (Lipinski definition) is 4. The average molecular weight is 342 g/mol. The van der Waals surface area contributed by atoms with Crippen LogP contribution < -0.4 is 5.32 Å². The van der Waals surface area contributed by atoms with Crippen molar-refractivity contribution in [3.63, 3.8) is 0 Å². The zero-order chi connectivity index (χ0) is 16.1. The molecular formula is C15H13Cl2NO4. The maximum absolute atomic E-state index is 12.1. The van der Waals surface area contributed by atoms with Crippen LogP contribution in [0.15, 0.2) is 34.7 Å². The molecule has 0 unspecified atom stereocenters. The third-order valence-corrected chi connectivity index (χ3v) is 3.38. The molecule has 2 aromatic rings. The highest BCUT2D eigenvalue weighted by molar-refractivity contribution is 6.39. The van der Waals surface area contributed by atoms with Crippen molar-refractivity contribution >= 4 is 35.1 Å². The van der Waals surface area contributed by atoms with Crippen LogP contribution >= 0.6 is 23.2 Å². The lowest BCUT2D eigenvalue weighted by Crippen LogP contribution is -2.23. The van der Waals surface area contributed by atoms with E-state index in [1.54, 1.807) is 31.2 Å². The summed E-state index contributed by atoms with van der Waals surface area (Å²) in [6.07, 6.45) is 0. The summed E-state index contributed by atoms with van der Waals surface area (Å²) in [5.74, 6) is -0.472. The Morgan fingerprint density at radius 1 is 1.18 bits per heavy atom. The molecule has 1 amide bonds. The van der Waals surface area contributed by atoms with Crippen LogP contribution in [-0.2, 0) is 11.3 Å². The van der Waals surface area contributed by atoms with E-state index >= 15 is 0 Å². The van der Waals surface area contributed by atoms with E-state index in [4.69, 9.17) is 32.4 Å². The lowest BCUT2D eigenvalue weighted by Gasteiger charge is -2.07. The topological polar surface area (TPSA) is 68.5 Å². The summed E-state index contributed by atoms with van der Waals surface area (Å²) in [5.41, 5.74) is 0.197. The second-order valence-electron chi connectivity index (χ2n) is 4.27. The van der Waals surface area contributed by atoms with Crippen molar-refractivity contribution in [1.82, 2.24) is 5.32 Å². The molecule has 0 bridgehead atoms. The maximum Gasteiger partial charge on any atom is 0.374 e. The molecule has 0 spiro atoms. The first-order chi connectivity index (χ1) is 10.5. The number of halogens is 2. The number of rotatable bonds is 5. The van der Waals surface area contributed by atoms with Gasteiger partial charge >= 0.3 is 5.97 Å². The fraction of sp³-hybridized carbons (Fsp3) is 0.200. The van der Waals surface area contributed by atoms with Gasteiger partial charge in [0, 0.05) is 0 Å². The van der Waals surface area contributed by atoms with Gasteiger partial charge in [0.05, 0.1) is 28.8 Å². The van der Waals surface area contributed by atoms with Crippen molar-refractivity contribution in [2.24, 2.45) is 0 Å². The smallest absolute Gasteiger partial charge is 0.374 e. The van der Waals surface area contributed by atoms with Gasteiger partial charge in [-0.05, 0) is 31.2 Å². The number of nitrogens with one attached hydrogen (secondary N) is 1. The Morgan fingerprint density at radius 3 is 2.50 bits per heavy atom. The van der Waals surface area contributed by atoms with Gasteiger partial charge in [-0.2, -0.15) is 0 Å². The number of carbonyl (C=O) groups is 2. The number of esters is 1. The number of ether oxygens (including phenoxy) is 1. The molecule has 7 heteroatoms. The fourth-order valence-electron chi connectivity index (χ4n) is 1.76. The van der Waals surface area contributed by atoms with Crippen molar-refractivity contribution < 1.29 is 18.7 Å². The monoisotopic (exact) mass is 341 g/mol. The standard InChI is InChI=1S/C15H13Cl2NO4/c1-2-21-15(20)12-7-6-9(22-12)8-18-14(19)13-10(16)4-3-5-11(13)17/h3-7H,2,8H2,1H3,(H,18,19). The van der Waals surface area contributed by atoms with Crippen LogP contribution in [0.25, 0.3) is 0 Å². The van der Waals surface area contributed by atoms with Gasteiger partial charge in [-0.1, -0.05) is 29.3 Å². The van der Waals surface area contributed by atoms with E-state index < -0.39 is 11.9 Å². The molecule has 1 N–H and O–H groups in total. The first-order valence-corrected chi connectivity index (χ1v) is 7.26. The fourth-order valence-corrected chi connectivity index (χ4v) is 2.32. The molecule has 0 atom stereocenters. The molecule has 0 fully saturated rings. The lowest BCUT2D eigenvalue weighted by atomic mass is 10.2. The van der Waals surface area contributed by atoms with Crippen LogP contribution in [0, 0.1) is 0 Å². The summed E-state index contributed by atoms with van der Waals surface area (Å²) >= 11 is 11.9. The Kier molecular flexibility index (Phi) is 5.46. The zero-order valence-corrected chi connectivity index (χ0v) is 13.2. The molecule has 0 aliphatic heterocycles. The van der Waals surface area contributed by atoms with Crippen LogP contribution in [0.3, 0.4) is 0 Å². The van der Waals surface area contributed by atoms with Gasteiger partial charge in [-0.15, -0.1) is 0 Å². The van der Waals surface area contributed by atoms with E-state index in [0.717, 1.165) is 0 Å². The van der Waals surface area contributed by atoms with E-state index in [-0.39, 0.29) is 34.5 Å². The van der Waals surface area contributed by atoms with E-state index in [9.17, 15) is 9.59 Å². The minimum Gasteiger partial charge on any atom is -0.460 e. The first kappa shape index (κ1) is 16.4. The Balaban J connectivity index is 2.01. The highest BCUT2D eigenvalue weighted by Gasteiger charge is 2.16. The predicted molar refractivity (Wildman–Crippen MR) is 82.3 cm³/mol. The minimum atomic E-state index is -0.547. The summed E-state index contributed by atoms with van der Waals surface area (Å²) in [6, 6.07) is 7.88. The molecular weight excluding hydrogens is 329 g/mol. The zero-order valence-electron chi connectivity index (χ0n) is 11.7. The van der Waals surface area contributed by atoms with E-state index in [0.29, 0.717) is 5.76 Å². The van der Waals surface area contributed by atoms with Crippen molar-refractivity contribution in [3.05, 3.63) is 57.5 Å². The molecule has 1 aromatic carbocycles. The van der Waals surface area contributed by atoms with Crippen molar-refractivity contribution in [2.75, 3.05) is 6.61 Å². The summed E-state index contributed by atoms with van der Waals surface area (Å²) in [5, 5.41) is 3.15. The molecule has 0 aliphatic rings. The van der Waals surface area contributed by atoms with Gasteiger partial charge in [-0.3, -0.25) is 4.79 Å². The molecule has 1 aromatic heterocycles. The molecule has 0 aliphatic carbocycles. The largest absolute Gasteiger partial charge is 0.460 e. The average Bonchev–Trinajstić information content (AvgIpc) is 2.94. The second-order valence-corrected chi connectivity index (χ2v) is 5.08. The van der Waals surface area contributed by atoms with Crippen LogP contribution in [-0.4, -0.2) is 18.5 Å². The van der Waals surface area contributed by atoms with Gasteiger partial charge in [0.15, 0.2) is 0 Å². The van der Waals surface area contributed by atoms with Crippen LogP contribution in [0.1, 0.15) is 33.6 Å². The van der Waals surface area contributed by atoms with Gasteiger partial charge in [0.1, 0.15) is 5.76 Å². The molecule has 0 saturated carbocycles. The quantitative estimate of drug-likeness (QED) is 0.842. The molecule has 0 saturated heterocycles. The van der Waals surface area contributed by atoms with Gasteiger partial charge in [-0.25, -0.2) is 4.79 Å². The summed E-state index contributed by atoms with van der Waals surface area (Å²) in [7, 11) is 0. The Hall–Kier alpha value is -1.98. The van der Waals surface area contributed by atoms with Crippen molar-refractivity contribution in [2.45, 2.75) is 13.5 Å². The van der Waals surface area contributed by atoms with E-state index in [2.05, 4.69) is 5.32 Å². The maximum atomic E-state index is 12.1. The van der Waals surface area contributed by atoms with Gasteiger partial charge in [0.25, 0.3) is 5.91 Å². The predicted octanol–water partition coefficient (Wildman–Crippen LogP) is 3.69. The third kappa shape index (κ3) is 3.81. The number of amides is 1. The van der Waals surface area contributed by atoms with E-state index in [1.165, 1.54) is 6.07 Å². The number of hydrogen-bond donors (Lipinski definition) is 1. The SMILES string of the molecule is CCOC(=O)c1ccc(CNC(=O)c2c(Cl)cccc2Cl)o1. The lowest BCUT2D eigenvalue weighted by molar-refractivity contribution is 0.0488. The highest BCUT2D eigenvalue weighted by Crippen LogP contribution is 2.24. The normalized spacial score (nSPS) is 10.3. The number of benzene rings is 1. The van der Waals surface area contributed by atoms with Crippen LogP contribution in [0.4, 0.5) is 0 Å². The van der Waals surface area contributed by atoms with Gasteiger partial charge < -0.3 is 14.5 Å². The van der Waals surface area contributed by atoms with Crippen LogP contribution in [0.5, 0.6) is 0 Å². The Labute approximate surface area is 137 Å². The third-order valence-electron chi connectivity index (χ3n) is 2.75. The summed E-state index contributed by atoms with van der Waals surface area (Å²) in [6.45, 7) is 2.06. The van der Waals surface area contributed by atoms with Crippen molar-refractivity contribution in [3.8, 4) is 0 Å². The molecule has 0 radical (unpaired) electrons. The molecule has 1 heterocycles. The molecule has 2 rings (SSSR count). The number of carbonyl (C=O) groups excluding carboxylic acids is 2. The summed E-state index contributed by atoms with van der Waals surface area (Å²) in [4.78, 5) is 23.6. The highest BCUT2D eigenvalue weighted by atomic mass is 35.5. The van der Waals surface area contributed by atoms with Crippen molar-refractivity contribution in [1.29, 1.82) is 0 Å².